The molecule has 3 aromatic rings. The zero-order chi connectivity index (χ0) is 21.5. The molecule has 5 rings (SSSR count). The van der Waals surface area contributed by atoms with E-state index >= 15 is 0 Å². The van der Waals surface area contributed by atoms with E-state index in [0.717, 1.165) is 4.70 Å². The van der Waals surface area contributed by atoms with Crippen molar-refractivity contribution in [3.8, 4) is 0 Å². The van der Waals surface area contributed by atoms with E-state index in [2.05, 4.69) is 4.98 Å². The largest absolute Gasteiger partial charge is 0.378 e. The van der Waals surface area contributed by atoms with Crippen molar-refractivity contribution in [3.63, 3.8) is 0 Å². The number of thiazole rings is 1. The number of morpholine rings is 1. The molecule has 0 aliphatic carbocycles. The predicted octanol–water partition coefficient (Wildman–Crippen LogP) is 3.36. The summed E-state index contributed by atoms with van der Waals surface area (Å²) in [5.74, 6) is -0.473. The number of carbonyl (C=O) groups excluding carboxylic acids is 3. The average Bonchev–Trinajstić information content (AvgIpc) is 3.32. The second kappa shape index (κ2) is 7.72. The normalized spacial score (nSPS) is 17.5. The first-order chi connectivity index (χ1) is 15.0. The SMILES string of the molecule is CC(=O)N1/C(=C\c2nc3cc(C(=O)N4CCOCC4)ccc3s2)C(=O)c2ccccc21. The summed E-state index contributed by atoms with van der Waals surface area (Å²) >= 11 is 1.41. The Morgan fingerprint density at radius 2 is 1.90 bits per heavy atom. The molecule has 1 aromatic heterocycles. The highest BCUT2D eigenvalue weighted by molar-refractivity contribution is 7.19. The molecule has 156 valence electrons. The number of para-hydroxylation sites is 1. The van der Waals surface area contributed by atoms with Gasteiger partial charge in [-0.25, -0.2) is 4.98 Å². The highest BCUT2D eigenvalue weighted by Gasteiger charge is 2.34. The van der Waals surface area contributed by atoms with Crippen molar-refractivity contribution >= 4 is 50.9 Å². The fourth-order valence-electron chi connectivity index (χ4n) is 3.91. The number of ether oxygens (including phenoxy) is 1. The standard InChI is InChI=1S/C23H19N3O4S/c1-14(27)26-18-5-3-2-4-16(18)22(28)19(26)13-21-24-17-12-15(6-7-20(17)31-21)23(29)25-8-10-30-11-9-25/h2-7,12-13H,8-11H2,1H3/b19-13-. The molecule has 0 atom stereocenters. The molecule has 1 saturated heterocycles. The van der Waals surface area contributed by atoms with Gasteiger partial charge in [-0.2, -0.15) is 0 Å². The molecule has 0 radical (unpaired) electrons. The number of anilines is 1. The molecule has 2 aromatic carbocycles. The molecule has 0 spiro atoms. The van der Waals surface area contributed by atoms with Crippen LogP contribution in [0.1, 0.15) is 32.6 Å². The zero-order valence-corrected chi connectivity index (χ0v) is 17.6. The van der Waals surface area contributed by atoms with Crippen molar-refractivity contribution in [3.05, 3.63) is 64.3 Å². The van der Waals surface area contributed by atoms with Gasteiger partial charge in [0.1, 0.15) is 5.01 Å². The van der Waals surface area contributed by atoms with E-state index in [9.17, 15) is 14.4 Å². The van der Waals surface area contributed by atoms with Crippen molar-refractivity contribution in [2.75, 3.05) is 31.2 Å². The van der Waals surface area contributed by atoms with Crippen LogP contribution in [0.15, 0.2) is 48.2 Å². The quantitative estimate of drug-likeness (QED) is 0.579. The Morgan fingerprint density at radius 3 is 2.68 bits per heavy atom. The Kier molecular flexibility index (Phi) is 4.88. The molecular formula is C23H19N3O4S. The van der Waals surface area contributed by atoms with Crippen LogP contribution in [0.2, 0.25) is 0 Å². The Hall–Kier alpha value is -3.36. The van der Waals surface area contributed by atoms with Gasteiger partial charge in [0.2, 0.25) is 11.7 Å². The summed E-state index contributed by atoms with van der Waals surface area (Å²) in [6, 6.07) is 12.5. The number of hydrogen-bond donors (Lipinski definition) is 0. The van der Waals surface area contributed by atoms with Crippen molar-refractivity contribution in [2.24, 2.45) is 0 Å². The third-order valence-corrected chi connectivity index (χ3v) is 6.37. The summed E-state index contributed by atoms with van der Waals surface area (Å²) in [4.78, 5) is 45.7. The number of rotatable bonds is 2. The molecule has 3 heterocycles. The number of allylic oxidation sites excluding steroid dienone is 1. The van der Waals surface area contributed by atoms with E-state index in [1.54, 1.807) is 47.4 Å². The van der Waals surface area contributed by atoms with Crippen LogP contribution >= 0.6 is 11.3 Å². The van der Waals surface area contributed by atoms with E-state index in [0.29, 0.717) is 53.6 Å². The van der Waals surface area contributed by atoms with Gasteiger partial charge in [-0.3, -0.25) is 19.3 Å². The van der Waals surface area contributed by atoms with Gasteiger partial charge in [-0.15, -0.1) is 11.3 Å². The lowest BCUT2D eigenvalue weighted by Crippen LogP contribution is -2.40. The summed E-state index contributed by atoms with van der Waals surface area (Å²) in [6.07, 6.45) is 1.65. The molecule has 7 nitrogen and oxygen atoms in total. The third kappa shape index (κ3) is 3.43. The molecule has 0 saturated carbocycles. The zero-order valence-electron chi connectivity index (χ0n) is 16.8. The predicted molar refractivity (Wildman–Crippen MR) is 118 cm³/mol. The number of ketones is 1. The average molecular weight is 433 g/mol. The second-order valence-corrected chi connectivity index (χ2v) is 8.43. The molecule has 2 aliphatic heterocycles. The van der Waals surface area contributed by atoms with Crippen LogP contribution in [-0.2, 0) is 9.53 Å². The smallest absolute Gasteiger partial charge is 0.254 e. The first-order valence-corrected chi connectivity index (χ1v) is 10.8. The van der Waals surface area contributed by atoms with Crippen LogP contribution in [-0.4, -0.2) is 53.8 Å². The minimum atomic E-state index is -0.232. The van der Waals surface area contributed by atoms with E-state index in [4.69, 9.17) is 4.74 Å². The van der Waals surface area contributed by atoms with Crippen molar-refractivity contribution in [1.29, 1.82) is 0 Å². The van der Waals surface area contributed by atoms with Crippen molar-refractivity contribution in [1.82, 2.24) is 9.88 Å². The summed E-state index contributed by atoms with van der Waals surface area (Å²) in [6.45, 7) is 3.69. The maximum Gasteiger partial charge on any atom is 0.254 e. The van der Waals surface area contributed by atoms with E-state index < -0.39 is 0 Å². The topological polar surface area (TPSA) is 79.8 Å². The number of aromatic nitrogens is 1. The van der Waals surface area contributed by atoms with Crippen LogP contribution < -0.4 is 4.90 Å². The van der Waals surface area contributed by atoms with Gasteiger partial charge in [0.25, 0.3) is 5.91 Å². The van der Waals surface area contributed by atoms with Crippen LogP contribution in [0.5, 0.6) is 0 Å². The number of benzene rings is 2. The molecular weight excluding hydrogens is 414 g/mol. The summed E-state index contributed by atoms with van der Waals surface area (Å²) in [5.41, 5.74) is 2.65. The molecule has 0 unspecified atom stereocenters. The van der Waals surface area contributed by atoms with Gasteiger partial charge >= 0.3 is 0 Å². The maximum atomic E-state index is 12.9. The monoisotopic (exact) mass is 433 g/mol. The Labute approximate surface area is 182 Å². The molecule has 0 bridgehead atoms. The number of nitrogens with zero attached hydrogens (tertiary/aromatic N) is 3. The van der Waals surface area contributed by atoms with Crippen molar-refractivity contribution in [2.45, 2.75) is 6.92 Å². The fraction of sp³-hybridized carbons (Fsp3) is 0.217. The summed E-state index contributed by atoms with van der Waals surface area (Å²) in [5, 5.41) is 0.605. The highest BCUT2D eigenvalue weighted by Crippen LogP contribution is 2.36. The second-order valence-electron chi connectivity index (χ2n) is 7.37. The number of carbonyl (C=O) groups is 3. The fourth-order valence-corrected chi connectivity index (χ4v) is 4.79. The van der Waals surface area contributed by atoms with E-state index in [1.165, 1.54) is 23.2 Å². The van der Waals surface area contributed by atoms with Crippen molar-refractivity contribution < 1.29 is 19.1 Å². The number of amides is 2. The molecule has 8 heteroatoms. The molecule has 0 N–H and O–H groups in total. The lowest BCUT2D eigenvalue weighted by atomic mass is 10.1. The Morgan fingerprint density at radius 1 is 1.13 bits per heavy atom. The first kappa shape index (κ1) is 19.6. The minimum Gasteiger partial charge on any atom is -0.378 e. The van der Waals surface area contributed by atoms with E-state index in [-0.39, 0.29) is 23.3 Å². The molecule has 2 amide bonds. The van der Waals surface area contributed by atoms with Gasteiger partial charge in [-0.05, 0) is 30.3 Å². The molecule has 31 heavy (non-hydrogen) atoms. The Balaban J connectivity index is 1.49. The highest BCUT2D eigenvalue weighted by atomic mass is 32.1. The first-order valence-electron chi connectivity index (χ1n) is 9.96. The van der Waals surface area contributed by atoms with Crippen LogP contribution in [0.4, 0.5) is 5.69 Å². The maximum absolute atomic E-state index is 12.9. The van der Waals surface area contributed by atoms with Gasteiger partial charge in [0.05, 0.1) is 34.8 Å². The number of fused-ring (bicyclic) bond motifs is 2. The van der Waals surface area contributed by atoms with Crippen LogP contribution in [0.3, 0.4) is 0 Å². The van der Waals surface area contributed by atoms with Gasteiger partial charge in [-0.1, -0.05) is 12.1 Å². The van der Waals surface area contributed by atoms with Gasteiger partial charge < -0.3 is 9.64 Å². The number of hydrogen-bond acceptors (Lipinski definition) is 6. The molecule has 1 fully saturated rings. The third-order valence-electron chi connectivity index (χ3n) is 5.39. The van der Waals surface area contributed by atoms with Gasteiger partial charge in [0, 0.05) is 37.2 Å². The minimum absolute atomic E-state index is 0.0396. The Bertz CT molecular complexity index is 1260. The lowest BCUT2D eigenvalue weighted by Gasteiger charge is -2.26. The van der Waals surface area contributed by atoms with Crippen LogP contribution in [0.25, 0.3) is 16.3 Å². The van der Waals surface area contributed by atoms with Crippen LogP contribution in [0, 0.1) is 0 Å². The summed E-state index contributed by atoms with van der Waals surface area (Å²) in [7, 11) is 0. The lowest BCUT2D eigenvalue weighted by molar-refractivity contribution is -0.116. The van der Waals surface area contributed by atoms with Gasteiger partial charge in [0.15, 0.2) is 0 Å². The molecule has 2 aliphatic rings. The number of Topliss-reactive ketones (excluding diaryl/α,β-unsaturated/α-hetero) is 1. The summed E-state index contributed by atoms with van der Waals surface area (Å²) < 4.78 is 6.22. The van der Waals surface area contributed by atoms with E-state index in [1.807, 2.05) is 6.07 Å².